The van der Waals surface area contributed by atoms with Crippen LogP contribution in [0, 0.1) is 5.92 Å². The Morgan fingerprint density at radius 2 is 2.15 bits per heavy atom. The number of aliphatic carboxylic acids is 1. The molecule has 5 heteroatoms. The maximum atomic E-state index is 10.7. The topological polar surface area (TPSA) is 49.8 Å². The highest BCUT2D eigenvalue weighted by atomic mass is 35.5. The van der Waals surface area contributed by atoms with E-state index in [-0.39, 0.29) is 6.42 Å². The van der Waals surface area contributed by atoms with Gasteiger partial charge in [0.05, 0.1) is 6.61 Å². The normalized spacial score (nSPS) is 19.1. The number of carbonyl (C=O) groups is 1. The fourth-order valence-corrected chi connectivity index (χ4v) is 2.66. The van der Waals surface area contributed by atoms with Crippen molar-refractivity contribution < 1.29 is 14.6 Å². The van der Waals surface area contributed by atoms with Crippen LogP contribution in [0.4, 0.5) is 0 Å². The van der Waals surface area contributed by atoms with Gasteiger partial charge in [0.1, 0.15) is 5.75 Å². The molecule has 4 nitrogen and oxygen atoms in total. The number of carboxylic acids is 1. The van der Waals surface area contributed by atoms with E-state index in [0.29, 0.717) is 17.5 Å². The number of hydrogen-bond donors (Lipinski definition) is 1. The predicted octanol–water partition coefficient (Wildman–Crippen LogP) is 2.91. The van der Waals surface area contributed by atoms with Gasteiger partial charge >= 0.3 is 5.97 Å². The van der Waals surface area contributed by atoms with Crippen molar-refractivity contribution in [1.82, 2.24) is 4.90 Å². The number of nitrogens with zero attached hydrogens (tertiary/aromatic N) is 1. The predicted molar refractivity (Wildman–Crippen MR) is 78.4 cm³/mol. The fraction of sp³-hybridized carbons (Fsp3) is 0.533. The number of halogens is 1. The first-order valence-electron chi connectivity index (χ1n) is 6.96. The second-order valence-electron chi connectivity index (χ2n) is 5.21. The lowest BCUT2D eigenvalue weighted by Gasteiger charge is -2.15. The van der Waals surface area contributed by atoms with Crippen molar-refractivity contribution in [3.05, 3.63) is 29.3 Å². The summed E-state index contributed by atoms with van der Waals surface area (Å²) in [5.74, 6) is 0.451. The molecule has 0 aliphatic carbocycles. The average Bonchev–Trinajstić information content (AvgIpc) is 2.83. The molecule has 0 bridgehead atoms. The Hall–Kier alpha value is -1.26. The molecule has 1 aromatic carbocycles. The van der Waals surface area contributed by atoms with Gasteiger partial charge in [-0.2, -0.15) is 0 Å². The maximum absolute atomic E-state index is 10.7. The van der Waals surface area contributed by atoms with E-state index in [2.05, 4.69) is 4.90 Å². The van der Waals surface area contributed by atoms with E-state index in [4.69, 9.17) is 21.4 Å². The van der Waals surface area contributed by atoms with Crippen LogP contribution in [0.5, 0.6) is 5.75 Å². The third-order valence-electron chi connectivity index (χ3n) is 3.53. The quantitative estimate of drug-likeness (QED) is 0.786. The van der Waals surface area contributed by atoms with E-state index in [0.717, 1.165) is 38.2 Å². The standard InChI is InChI=1S/C15H20ClNO3/c16-13-2-4-14(5-3-13)20-9-1-7-17-8-6-12(11-17)10-15(18)19/h2-5,12H,1,6-11H2,(H,18,19). The second kappa shape index (κ2) is 7.50. The van der Waals surface area contributed by atoms with Crippen LogP contribution in [0.1, 0.15) is 19.3 Å². The van der Waals surface area contributed by atoms with E-state index >= 15 is 0 Å². The molecule has 1 heterocycles. The largest absolute Gasteiger partial charge is 0.494 e. The van der Waals surface area contributed by atoms with E-state index in [9.17, 15) is 4.79 Å². The summed E-state index contributed by atoms with van der Waals surface area (Å²) in [5.41, 5.74) is 0. The van der Waals surface area contributed by atoms with Crippen molar-refractivity contribution in [2.24, 2.45) is 5.92 Å². The molecular formula is C15H20ClNO3. The summed E-state index contributed by atoms with van der Waals surface area (Å²) in [6, 6.07) is 7.35. The van der Waals surface area contributed by atoms with Gasteiger partial charge in [-0.3, -0.25) is 4.79 Å². The highest BCUT2D eigenvalue weighted by Crippen LogP contribution is 2.20. The lowest BCUT2D eigenvalue weighted by Crippen LogP contribution is -2.23. The Morgan fingerprint density at radius 3 is 2.85 bits per heavy atom. The van der Waals surface area contributed by atoms with Crippen LogP contribution in [0.2, 0.25) is 5.02 Å². The molecule has 110 valence electrons. The summed E-state index contributed by atoms with van der Waals surface area (Å²) < 4.78 is 5.63. The van der Waals surface area contributed by atoms with E-state index in [1.165, 1.54) is 0 Å². The third kappa shape index (κ3) is 5.02. The minimum Gasteiger partial charge on any atom is -0.494 e. The van der Waals surface area contributed by atoms with Crippen molar-refractivity contribution in [3.63, 3.8) is 0 Å². The monoisotopic (exact) mass is 297 g/mol. The SMILES string of the molecule is O=C(O)CC1CCN(CCCOc2ccc(Cl)cc2)C1. The Bertz CT molecular complexity index is 435. The van der Waals surface area contributed by atoms with Crippen LogP contribution in [0.15, 0.2) is 24.3 Å². The van der Waals surface area contributed by atoms with Crippen molar-refractivity contribution in [2.75, 3.05) is 26.2 Å². The van der Waals surface area contributed by atoms with Gasteiger partial charge in [0.2, 0.25) is 0 Å². The lowest BCUT2D eigenvalue weighted by molar-refractivity contribution is -0.138. The first-order chi connectivity index (χ1) is 9.63. The van der Waals surface area contributed by atoms with E-state index in [1.54, 1.807) is 0 Å². The van der Waals surface area contributed by atoms with Crippen LogP contribution in [-0.2, 0) is 4.79 Å². The van der Waals surface area contributed by atoms with Gasteiger partial charge < -0.3 is 14.7 Å². The van der Waals surface area contributed by atoms with Crippen LogP contribution < -0.4 is 4.74 Å². The fourth-order valence-electron chi connectivity index (χ4n) is 2.54. The smallest absolute Gasteiger partial charge is 0.303 e. The first kappa shape index (κ1) is 15.1. The maximum Gasteiger partial charge on any atom is 0.303 e. The van der Waals surface area contributed by atoms with Gasteiger partial charge in [0.15, 0.2) is 0 Å². The molecule has 0 amide bonds. The Balaban J connectivity index is 1.60. The van der Waals surface area contributed by atoms with Crippen molar-refractivity contribution in [3.8, 4) is 5.75 Å². The second-order valence-corrected chi connectivity index (χ2v) is 5.65. The minimum atomic E-state index is -0.692. The zero-order valence-electron chi connectivity index (χ0n) is 11.4. The molecular weight excluding hydrogens is 278 g/mol. The van der Waals surface area contributed by atoms with Crippen molar-refractivity contribution in [1.29, 1.82) is 0 Å². The number of likely N-dealkylation sites (tertiary alicyclic amines) is 1. The molecule has 0 saturated carbocycles. The van der Waals surface area contributed by atoms with Gasteiger partial charge in [-0.25, -0.2) is 0 Å². The summed E-state index contributed by atoms with van der Waals surface area (Å²) in [7, 11) is 0. The molecule has 1 N–H and O–H groups in total. The summed E-state index contributed by atoms with van der Waals surface area (Å²) in [6.07, 6.45) is 2.23. The molecule has 1 saturated heterocycles. The molecule has 1 aliphatic heterocycles. The highest BCUT2D eigenvalue weighted by molar-refractivity contribution is 6.30. The van der Waals surface area contributed by atoms with Crippen LogP contribution in [0.25, 0.3) is 0 Å². The third-order valence-corrected chi connectivity index (χ3v) is 3.79. The Labute approximate surface area is 124 Å². The molecule has 1 aliphatic rings. The molecule has 0 radical (unpaired) electrons. The molecule has 0 aromatic heterocycles. The summed E-state index contributed by atoms with van der Waals surface area (Å²) >= 11 is 5.80. The van der Waals surface area contributed by atoms with Crippen molar-refractivity contribution in [2.45, 2.75) is 19.3 Å². The van der Waals surface area contributed by atoms with Gasteiger partial charge in [0.25, 0.3) is 0 Å². The number of carboxylic acid groups (broad SMARTS) is 1. The molecule has 1 atom stereocenters. The Kier molecular flexibility index (Phi) is 5.68. The number of rotatable bonds is 7. The summed E-state index contributed by atoms with van der Waals surface area (Å²) in [6.45, 7) is 3.53. The number of benzene rings is 1. The molecule has 0 spiro atoms. The zero-order valence-corrected chi connectivity index (χ0v) is 12.2. The minimum absolute atomic E-state index is 0.289. The highest BCUT2D eigenvalue weighted by Gasteiger charge is 2.23. The van der Waals surface area contributed by atoms with Gasteiger partial charge in [-0.05, 0) is 49.6 Å². The lowest BCUT2D eigenvalue weighted by atomic mass is 10.1. The van der Waals surface area contributed by atoms with Crippen LogP contribution in [0.3, 0.4) is 0 Å². The van der Waals surface area contributed by atoms with Gasteiger partial charge in [0, 0.05) is 24.5 Å². The van der Waals surface area contributed by atoms with Gasteiger partial charge in [-0.15, -0.1) is 0 Å². The van der Waals surface area contributed by atoms with Crippen LogP contribution >= 0.6 is 11.6 Å². The van der Waals surface area contributed by atoms with E-state index in [1.807, 2.05) is 24.3 Å². The summed E-state index contributed by atoms with van der Waals surface area (Å²) in [4.78, 5) is 13.0. The van der Waals surface area contributed by atoms with E-state index < -0.39 is 5.97 Å². The molecule has 1 fully saturated rings. The molecule has 20 heavy (non-hydrogen) atoms. The van der Waals surface area contributed by atoms with Gasteiger partial charge in [-0.1, -0.05) is 11.6 Å². The average molecular weight is 298 g/mol. The number of hydrogen-bond acceptors (Lipinski definition) is 3. The zero-order chi connectivity index (χ0) is 14.4. The molecule has 1 unspecified atom stereocenters. The summed E-state index contributed by atoms with van der Waals surface area (Å²) in [5, 5.41) is 9.48. The first-order valence-corrected chi connectivity index (χ1v) is 7.34. The van der Waals surface area contributed by atoms with Crippen LogP contribution in [-0.4, -0.2) is 42.2 Å². The van der Waals surface area contributed by atoms with Crippen molar-refractivity contribution >= 4 is 17.6 Å². The molecule has 2 rings (SSSR count). The number of ether oxygens (including phenoxy) is 1. The molecule has 1 aromatic rings. The Morgan fingerprint density at radius 1 is 1.40 bits per heavy atom.